The number of aromatic nitrogens is 1. The predicted octanol–water partition coefficient (Wildman–Crippen LogP) is 5.42. The first-order valence-corrected chi connectivity index (χ1v) is 13.0. The number of benzene rings is 1. The van der Waals surface area contributed by atoms with Crippen LogP contribution in [0.25, 0.3) is 5.57 Å². The molecule has 0 radical (unpaired) electrons. The van der Waals surface area contributed by atoms with E-state index in [9.17, 15) is 9.90 Å². The minimum atomic E-state index is -1.17. The van der Waals surface area contributed by atoms with Crippen LogP contribution in [0.3, 0.4) is 0 Å². The first-order valence-electron chi connectivity index (χ1n) is 13.0. The number of aliphatic hydroxyl groups is 1. The van der Waals surface area contributed by atoms with E-state index in [0.717, 1.165) is 35.4 Å². The number of ether oxygens (including phenoxy) is 1. The van der Waals surface area contributed by atoms with Crippen molar-refractivity contribution < 1.29 is 14.6 Å². The molecule has 1 aromatic carbocycles. The maximum Gasteiger partial charge on any atom is 0.410 e. The SMILES string of the molecule is CC(C)c1ccc(C(O)(c2cncc(C3=CCN(C(=O)OC(C)(C)C)CC3)c2)C2(C)CN(C)C2)cc1. The van der Waals surface area contributed by atoms with Crippen molar-refractivity contribution in [2.24, 2.45) is 5.41 Å². The van der Waals surface area contributed by atoms with Crippen molar-refractivity contribution in [1.82, 2.24) is 14.8 Å². The molecule has 0 aliphatic carbocycles. The van der Waals surface area contributed by atoms with Gasteiger partial charge in [-0.2, -0.15) is 0 Å². The minimum Gasteiger partial charge on any atom is -0.444 e. The fourth-order valence-corrected chi connectivity index (χ4v) is 5.58. The number of pyridine rings is 1. The monoisotopic (exact) mass is 491 g/mol. The van der Waals surface area contributed by atoms with Crippen molar-refractivity contribution in [2.45, 2.75) is 65.1 Å². The van der Waals surface area contributed by atoms with Gasteiger partial charge >= 0.3 is 6.09 Å². The summed E-state index contributed by atoms with van der Waals surface area (Å²) < 4.78 is 5.53. The molecular weight excluding hydrogens is 450 g/mol. The second-order valence-corrected chi connectivity index (χ2v) is 12.1. The van der Waals surface area contributed by atoms with Gasteiger partial charge in [-0.3, -0.25) is 4.98 Å². The molecule has 2 aromatic rings. The van der Waals surface area contributed by atoms with Gasteiger partial charge in [-0.25, -0.2) is 4.79 Å². The smallest absolute Gasteiger partial charge is 0.410 e. The van der Waals surface area contributed by atoms with Crippen LogP contribution in [-0.4, -0.2) is 64.8 Å². The molecule has 1 amide bonds. The molecule has 0 bridgehead atoms. The van der Waals surface area contributed by atoms with Crippen LogP contribution in [-0.2, 0) is 10.3 Å². The van der Waals surface area contributed by atoms with Crippen LogP contribution in [0.4, 0.5) is 4.79 Å². The van der Waals surface area contributed by atoms with Crippen LogP contribution < -0.4 is 0 Å². The van der Waals surface area contributed by atoms with Crippen LogP contribution in [0, 0.1) is 5.41 Å². The molecule has 1 N–H and O–H groups in total. The van der Waals surface area contributed by atoms with Gasteiger partial charge in [-0.15, -0.1) is 0 Å². The van der Waals surface area contributed by atoms with Gasteiger partial charge in [0.15, 0.2) is 0 Å². The molecule has 36 heavy (non-hydrogen) atoms. The van der Waals surface area contributed by atoms with Crippen LogP contribution >= 0.6 is 0 Å². The third-order valence-electron chi connectivity index (χ3n) is 7.49. The lowest BCUT2D eigenvalue weighted by Gasteiger charge is -2.56. The van der Waals surface area contributed by atoms with Crippen molar-refractivity contribution in [3.05, 3.63) is 71.1 Å². The van der Waals surface area contributed by atoms with E-state index in [1.165, 1.54) is 5.56 Å². The third kappa shape index (κ3) is 5.07. The lowest BCUT2D eigenvalue weighted by molar-refractivity contribution is -0.127. The summed E-state index contributed by atoms with van der Waals surface area (Å²) in [4.78, 5) is 21.0. The maximum absolute atomic E-state index is 12.5. The number of nitrogens with zero attached hydrogens (tertiary/aromatic N) is 3. The van der Waals surface area contributed by atoms with E-state index in [0.29, 0.717) is 25.4 Å². The Bertz CT molecular complexity index is 1130. The van der Waals surface area contributed by atoms with Gasteiger partial charge in [0.1, 0.15) is 11.2 Å². The number of amides is 1. The molecule has 2 aliphatic heterocycles. The van der Waals surface area contributed by atoms with E-state index in [1.54, 1.807) is 11.1 Å². The molecule has 1 aromatic heterocycles. The highest BCUT2D eigenvalue weighted by molar-refractivity contribution is 5.73. The van der Waals surface area contributed by atoms with Gasteiger partial charge in [0, 0.05) is 49.6 Å². The minimum absolute atomic E-state index is 0.286. The van der Waals surface area contributed by atoms with E-state index in [-0.39, 0.29) is 11.5 Å². The van der Waals surface area contributed by atoms with Gasteiger partial charge in [0.25, 0.3) is 0 Å². The van der Waals surface area contributed by atoms with Crippen molar-refractivity contribution in [3.63, 3.8) is 0 Å². The Balaban J connectivity index is 1.65. The molecule has 4 rings (SSSR count). The van der Waals surface area contributed by atoms with E-state index in [4.69, 9.17) is 4.74 Å². The number of hydrogen-bond acceptors (Lipinski definition) is 5. The Labute approximate surface area is 216 Å². The molecule has 1 atom stereocenters. The molecular formula is C30H41N3O3. The third-order valence-corrected chi connectivity index (χ3v) is 7.49. The average molecular weight is 492 g/mol. The number of likely N-dealkylation sites (tertiary alicyclic amines) is 1. The summed E-state index contributed by atoms with van der Waals surface area (Å²) >= 11 is 0. The van der Waals surface area contributed by atoms with E-state index in [2.05, 4.69) is 74.1 Å². The molecule has 1 fully saturated rings. The topological polar surface area (TPSA) is 65.9 Å². The lowest BCUT2D eigenvalue weighted by atomic mass is 9.62. The van der Waals surface area contributed by atoms with Crippen molar-refractivity contribution >= 4 is 11.7 Å². The molecule has 2 aliphatic rings. The van der Waals surface area contributed by atoms with Crippen molar-refractivity contribution in [3.8, 4) is 0 Å². The number of rotatable bonds is 5. The highest BCUT2D eigenvalue weighted by atomic mass is 16.6. The first-order chi connectivity index (χ1) is 16.8. The average Bonchev–Trinajstić information content (AvgIpc) is 2.81. The molecule has 1 unspecified atom stereocenters. The van der Waals surface area contributed by atoms with E-state index < -0.39 is 11.2 Å². The van der Waals surface area contributed by atoms with Crippen LogP contribution in [0.15, 0.2) is 48.8 Å². The van der Waals surface area contributed by atoms with Gasteiger partial charge in [-0.05, 0) is 68.5 Å². The summed E-state index contributed by atoms with van der Waals surface area (Å²) in [6.07, 6.45) is 6.16. The summed E-state index contributed by atoms with van der Waals surface area (Å²) in [7, 11) is 2.09. The molecule has 194 valence electrons. The summed E-state index contributed by atoms with van der Waals surface area (Å²) in [5.41, 5.74) is 3.07. The second kappa shape index (κ2) is 9.64. The van der Waals surface area contributed by atoms with Crippen molar-refractivity contribution in [1.29, 1.82) is 0 Å². The Morgan fingerprint density at radius 1 is 1.11 bits per heavy atom. The van der Waals surface area contributed by atoms with Gasteiger partial charge in [0.05, 0.1) is 0 Å². The molecule has 1 saturated heterocycles. The fraction of sp³-hybridized carbons (Fsp3) is 0.533. The molecule has 0 spiro atoms. The van der Waals surface area contributed by atoms with Crippen LogP contribution in [0.1, 0.15) is 76.1 Å². The molecule has 3 heterocycles. The standard InChI is InChI=1S/C30H41N3O3/c1-21(2)22-8-10-25(11-9-22)30(35,29(6)19-32(7)20-29)26-16-24(17-31-18-26)23-12-14-33(15-13-23)27(34)36-28(3,4)5/h8-12,16-18,21,35H,13-15,19-20H2,1-7H3. The first kappa shape index (κ1) is 26.4. The van der Waals surface area contributed by atoms with E-state index in [1.807, 2.05) is 27.0 Å². The number of carbonyl (C=O) groups is 1. The Morgan fingerprint density at radius 3 is 2.31 bits per heavy atom. The highest BCUT2D eigenvalue weighted by Crippen LogP contribution is 2.50. The van der Waals surface area contributed by atoms with Gasteiger partial charge in [-0.1, -0.05) is 51.1 Å². The quantitative estimate of drug-likeness (QED) is 0.605. The maximum atomic E-state index is 12.5. The van der Waals surface area contributed by atoms with Crippen LogP contribution in [0.2, 0.25) is 0 Å². The number of carbonyl (C=O) groups excluding carboxylic acids is 1. The molecule has 6 nitrogen and oxygen atoms in total. The Hall–Kier alpha value is -2.70. The Morgan fingerprint density at radius 2 is 1.78 bits per heavy atom. The summed E-state index contributed by atoms with van der Waals surface area (Å²) in [6.45, 7) is 14.8. The summed E-state index contributed by atoms with van der Waals surface area (Å²) in [6, 6.07) is 10.5. The van der Waals surface area contributed by atoms with E-state index >= 15 is 0 Å². The summed E-state index contributed by atoms with van der Waals surface area (Å²) in [5, 5.41) is 12.5. The number of hydrogen-bond donors (Lipinski definition) is 1. The zero-order valence-electron chi connectivity index (χ0n) is 22.8. The fourth-order valence-electron chi connectivity index (χ4n) is 5.58. The zero-order chi connectivity index (χ0) is 26.3. The van der Waals surface area contributed by atoms with Crippen molar-refractivity contribution in [2.75, 3.05) is 33.2 Å². The lowest BCUT2D eigenvalue weighted by Crippen LogP contribution is -2.63. The van der Waals surface area contributed by atoms with Gasteiger partial charge in [0.2, 0.25) is 0 Å². The molecule has 0 saturated carbocycles. The largest absolute Gasteiger partial charge is 0.444 e. The Kier molecular flexibility index (Phi) is 7.06. The normalized spacial score (nSPS) is 19.9. The highest BCUT2D eigenvalue weighted by Gasteiger charge is 2.55. The second-order valence-electron chi connectivity index (χ2n) is 12.1. The molecule has 6 heteroatoms. The van der Waals surface area contributed by atoms with Gasteiger partial charge < -0.3 is 19.6 Å². The summed E-state index contributed by atoms with van der Waals surface area (Å²) in [5.74, 6) is 0.432. The zero-order valence-corrected chi connectivity index (χ0v) is 22.8. The predicted molar refractivity (Wildman–Crippen MR) is 144 cm³/mol. The van der Waals surface area contributed by atoms with Crippen LogP contribution in [0.5, 0.6) is 0 Å².